The van der Waals surface area contributed by atoms with E-state index in [2.05, 4.69) is 46.7 Å². The van der Waals surface area contributed by atoms with E-state index in [4.69, 9.17) is 9.84 Å². The topological polar surface area (TPSA) is 105 Å². The Morgan fingerprint density at radius 3 is 2.21 bits per heavy atom. The molecule has 178 valence electrons. The molecular formula is C27H30N2O5. The highest BCUT2D eigenvalue weighted by molar-refractivity contribution is 5.93. The van der Waals surface area contributed by atoms with Crippen LogP contribution in [0.1, 0.15) is 50.2 Å². The van der Waals surface area contributed by atoms with E-state index in [1.165, 1.54) is 0 Å². The Morgan fingerprint density at radius 1 is 0.971 bits per heavy atom. The molecule has 7 nitrogen and oxygen atoms in total. The summed E-state index contributed by atoms with van der Waals surface area (Å²) in [5.41, 5.74) is 4.41. The average molecular weight is 463 g/mol. The van der Waals surface area contributed by atoms with Gasteiger partial charge in [0, 0.05) is 18.9 Å². The molecule has 7 heteroatoms. The molecule has 1 aliphatic carbocycles. The molecule has 0 fully saturated rings. The summed E-state index contributed by atoms with van der Waals surface area (Å²) in [7, 11) is 0. The first-order valence-corrected chi connectivity index (χ1v) is 11.3. The van der Waals surface area contributed by atoms with E-state index in [0.29, 0.717) is 19.4 Å². The van der Waals surface area contributed by atoms with Crippen molar-refractivity contribution in [2.75, 3.05) is 19.7 Å². The SMILES string of the molecule is CC(C)(CCNC(=O)C#CCNC(=O)OCC1c2ccccc2-c2ccccc21)CCC(=O)O. The predicted octanol–water partition coefficient (Wildman–Crippen LogP) is 3.93. The monoisotopic (exact) mass is 462 g/mol. The lowest BCUT2D eigenvalue weighted by molar-refractivity contribution is -0.137. The number of alkyl carbamates (subject to hydrolysis) is 1. The van der Waals surface area contributed by atoms with Crippen molar-refractivity contribution in [2.24, 2.45) is 5.41 Å². The van der Waals surface area contributed by atoms with Crippen molar-refractivity contribution in [3.8, 4) is 23.0 Å². The molecule has 0 spiro atoms. The number of fused-ring (bicyclic) bond motifs is 3. The molecule has 0 heterocycles. The summed E-state index contributed by atoms with van der Waals surface area (Å²) in [6.45, 7) is 4.54. The number of benzene rings is 2. The van der Waals surface area contributed by atoms with E-state index >= 15 is 0 Å². The Kier molecular flexibility index (Phi) is 8.31. The summed E-state index contributed by atoms with van der Waals surface area (Å²) < 4.78 is 5.43. The normalized spacial score (nSPS) is 12.1. The lowest BCUT2D eigenvalue weighted by atomic mass is 9.84. The van der Waals surface area contributed by atoms with Gasteiger partial charge in [0.1, 0.15) is 6.61 Å². The second-order valence-corrected chi connectivity index (χ2v) is 9.04. The van der Waals surface area contributed by atoms with Crippen LogP contribution in [-0.2, 0) is 14.3 Å². The molecule has 0 aliphatic heterocycles. The maximum absolute atomic E-state index is 12.1. The van der Waals surface area contributed by atoms with Crippen molar-refractivity contribution in [1.82, 2.24) is 10.6 Å². The molecule has 0 bridgehead atoms. The van der Waals surface area contributed by atoms with E-state index < -0.39 is 18.0 Å². The Bertz CT molecular complexity index is 1070. The van der Waals surface area contributed by atoms with Gasteiger partial charge in [-0.25, -0.2) is 4.79 Å². The van der Waals surface area contributed by atoms with E-state index in [-0.39, 0.29) is 30.9 Å². The van der Waals surface area contributed by atoms with Gasteiger partial charge in [0.25, 0.3) is 5.91 Å². The van der Waals surface area contributed by atoms with E-state index in [0.717, 1.165) is 22.3 Å². The van der Waals surface area contributed by atoms with Crippen LogP contribution in [0.25, 0.3) is 11.1 Å². The first-order chi connectivity index (χ1) is 16.3. The summed E-state index contributed by atoms with van der Waals surface area (Å²) in [5.74, 6) is 3.76. The van der Waals surface area contributed by atoms with Gasteiger partial charge in [-0.3, -0.25) is 9.59 Å². The van der Waals surface area contributed by atoms with Gasteiger partial charge >= 0.3 is 12.1 Å². The molecule has 3 N–H and O–H groups in total. The maximum atomic E-state index is 12.1. The van der Waals surface area contributed by atoms with Crippen LogP contribution in [0.3, 0.4) is 0 Å². The van der Waals surface area contributed by atoms with Crippen LogP contribution in [0.4, 0.5) is 4.79 Å². The first kappa shape index (κ1) is 24.8. The van der Waals surface area contributed by atoms with Crippen LogP contribution < -0.4 is 10.6 Å². The minimum Gasteiger partial charge on any atom is -0.481 e. The Hall–Kier alpha value is -3.79. The average Bonchev–Trinajstić information content (AvgIpc) is 3.13. The number of carboxylic acid groups (broad SMARTS) is 1. The highest BCUT2D eigenvalue weighted by atomic mass is 16.5. The van der Waals surface area contributed by atoms with Crippen molar-refractivity contribution >= 4 is 18.0 Å². The lowest BCUT2D eigenvalue weighted by Gasteiger charge is -2.23. The highest BCUT2D eigenvalue weighted by Gasteiger charge is 2.28. The van der Waals surface area contributed by atoms with Crippen molar-refractivity contribution in [3.63, 3.8) is 0 Å². The second-order valence-electron chi connectivity index (χ2n) is 9.04. The Labute approximate surface area is 199 Å². The zero-order chi connectivity index (χ0) is 24.6. The number of carbonyl (C=O) groups excluding carboxylic acids is 2. The third-order valence-corrected chi connectivity index (χ3v) is 5.97. The van der Waals surface area contributed by atoms with Crippen molar-refractivity contribution in [1.29, 1.82) is 0 Å². The summed E-state index contributed by atoms with van der Waals surface area (Å²) in [6, 6.07) is 16.2. The van der Waals surface area contributed by atoms with Gasteiger partial charge in [-0.1, -0.05) is 68.3 Å². The van der Waals surface area contributed by atoms with Gasteiger partial charge in [-0.2, -0.15) is 0 Å². The van der Waals surface area contributed by atoms with Crippen molar-refractivity contribution in [2.45, 2.75) is 39.0 Å². The molecule has 0 unspecified atom stereocenters. The fraction of sp³-hybridized carbons (Fsp3) is 0.370. The molecule has 2 aromatic carbocycles. The molecule has 1 aliphatic rings. The zero-order valence-corrected chi connectivity index (χ0v) is 19.5. The minimum atomic E-state index is -0.827. The van der Waals surface area contributed by atoms with Crippen LogP contribution in [0, 0.1) is 17.3 Å². The lowest BCUT2D eigenvalue weighted by Crippen LogP contribution is -2.28. The second kappa shape index (κ2) is 11.4. The Balaban J connectivity index is 1.39. The number of rotatable bonds is 9. The predicted molar refractivity (Wildman–Crippen MR) is 129 cm³/mol. The van der Waals surface area contributed by atoms with Crippen LogP contribution in [0.5, 0.6) is 0 Å². The largest absolute Gasteiger partial charge is 0.481 e. The van der Waals surface area contributed by atoms with E-state index in [1.807, 2.05) is 38.1 Å². The van der Waals surface area contributed by atoms with Crippen LogP contribution >= 0.6 is 0 Å². The van der Waals surface area contributed by atoms with Crippen LogP contribution in [-0.4, -0.2) is 42.8 Å². The van der Waals surface area contributed by atoms with E-state index in [9.17, 15) is 14.4 Å². The summed E-state index contributed by atoms with van der Waals surface area (Å²) in [4.78, 5) is 34.7. The summed E-state index contributed by atoms with van der Waals surface area (Å²) in [6.07, 6.45) is 0.693. The number of carboxylic acids is 1. The third kappa shape index (κ3) is 6.85. The molecule has 2 amide bonds. The molecule has 34 heavy (non-hydrogen) atoms. The smallest absolute Gasteiger partial charge is 0.407 e. The van der Waals surface area contributed by atoms with Gasteiger partial charge in [0.15, 0.2) is 0 Å². The summed E-state index contributed by atoms with van der Waals surface area (Å²) >= 11 is 0. The molecule has 0 atom stereocenters. The number of nitrogens with one attached hydrogen (secondary N) is 2. The molecule has 3 rings (SSSR count). The zero-order valence-electron chi connectivity index (χ0n) is 19.5. The first-order valence-electron chi connectivity index (χ1n) is 11.3. The number of ether oxygens (including phenoxy) is 1. The molecule has 0 saturated carbocycles. The standard InChI is InChI=1S/C27H30N2O5/c1-27(2,14-13-25(31)32)15-17-28-24(30)12-7-16-29-26(33)34-18-23-21-10-5-3-8-19(21)20-9-4-6-11-22(20)23/h3-6,8-11,23H,13-18H2,1-2H3,(H,28,30)(H,29,33)(H,31,32). The number of aliphatic carboxylic acids is 1. The van der Waals surface area contributed by atoms with Crippen molar-refractivity contribution < 1.29 is 24.2 Å². The van der Waals surface area contributed by atoms with Gasteiger partial charge in [0.05, 0.1) is 6.54 Å². The van der Waals surface area contributed by atoms with Gasteiger partial charge in [-0.15, -0.1) is 0 Å². The molecule has 0 aromatic heterocycles. The quantitative estimate of drug-likeness (QED) is 0.490. The fourth-order valence-corrected chi connectivity index (χ4v) is 4.02. The summed E-state index contributed by atoms with van der Waals surface area (Å²) in [5, 5.41) is 14.0. The van der Waals surface area contributed by atoms with E-state index in [1.54, 1.807) is 0 Å². The van der Waals surface area contributed by atoms with Crippen LogP contribution in [0.2, 0.25) is 0 Å². The molecule has 0 saturated heterocycles. The number of carbonyl (C=O) groups is 3. The van der Waals surface area contributed by atoms with Crippen molar-refractivity contribution in [3.05, 3.63) is 59.7 Å². The van der Waals surface area contributed by atoms with Gasteiger partial charge in [-0.05, 0) is 46.4 Å². The van der Waals surface area contributed by atoms with Gasteiger partial charge < -0.3 is 20.5 Å². The number of hydrogen-bond donors (Lipinski definition) is 3. The molecule has 2 aromatic rings. The minimum absolute atomic E-state index is 0.00576. The third-order valence-electron chi connectivity index (χ3n) is 5.97. The fourth-order valence-electron chi connectivity index (χ4n) is 4.02. The Morgan fingerprint density at radius 2 is 1.59 bits per heavy atom. The number of amides is 2. The van der Waals surface area contributed by atoms with Gasteiger partial charge in [0.2, 0.25) is 0 Å². The molecule has 0 radical (unpaired) electrons. The van der Waals surface area contributed by atoms with Crippen LogP contribution in [0.15, 0.2) is 48.5 Å². The number of hydrogen-bond acceptors (Lipinski definition) is 4. The highest BCUT2D eigenvalue weighted by Crippen LogP contribution is 2.44. The molecular weight excluding hydrogens is 432 g/mol. The maximum Gasteiger partial charge on any atom is 0.407 e.